The van der Waals surface area contributed by atoms with Gasteiger partial charge in [-0.3, -0.25) is 4.79 Å². The quantitative estimate of drug-likeness (QED) is 0.908. The highest BCUT2D eigenvalue weighted by Crippen LogP contribution is 2.27. The molecule has 130 valence electrons. The molecule has 0 radical (unpaired) electrons. The van der Waals surface area contributed by atoms with E-state index in [1.54, 1.807) is 18.2 Å². The number of hydrogen-bond donors (Lipinski definition) is 1. The van der Waals surface area contributed by atoms with Gasteiger partial charge in [0.15, 0.2) is 6.61 Å². The second kappa shape index (κ2) is 7.83. The summed E-state index contributed by atoms with van der Waals surface area (Å²) in [5.74, 6) is -0.128. The molecule has 1 N–H and O–H groups in total. The van der Waals surface area contributed by atoms with E-state index in [9.17, 15) is 9.59 Å². The van der Waals surface area contributed by atoms with Crippen LogP contribution in [0.4, 0.5) is 0 Å². The van der Waals surface area contributed by atoms with Crippen LogP contribution in [-0.2, 0) is 4.79 Å². The summed E-state index contributed by atoms with van der Waals surface area (Å²) in [4.78, 5) is 25.4. The first kappa shape index (κ1) is 17.0. The molecule has 0 saturated carbocycles. The van der Waals surface area contributed by atoms with Gasteiger partial charge in [0.1, 0.15) is 5.75 Å². The Labute approximate surface area is 146 Å². The first-order valence-corrected chi connectivity index (χ1v) is 8.42. The van der Waals surface area contributed by atoms with Crippen LogP contribution in [0.2, 0.25) is 0 Å². The molecule has 0 aromatic heterocycles. The predicted molar refractivity (Wildman–Crippen MR) is 93.9 cm³/mol. The number of carboxylic acid groups (broad SMARTS) is 1. The smallest absolute Gasteiger partial charge is 0.335 e. The van der Waals surface area contributed by atoms with E-state index < -0.39 is 5.97 Å². The molecule has 1 aliphatic heterocycles. The van der Waals surface area contributed by atoms with Crippen molar-refractivity contribution in [1.82, 2.24) is 4.90 Å². The molecule has 5 nitrogen and oxygen atoms in total. The van der Waals surface area contributed by atoms with Crippen LogP contribution >= 0.6 is 0 Å². The number of para-hydroxylation sites is 1. The van der Waals surface area contributed by atoms with Crippen molar-refractivity contribution in [3.8, 4) is 5.75 Å². The molecule has 2 aromatic carbocycles. The van der Waals surface area contributed by atoms with Crippen LogP contribution in [0, 0.1) is 0 Å². The molecule has 5 heteroatoms. The van der Waals surface area contributed by atoms with Crippen molar-refractivity contribution in [3.63, 3.8) is 0 Å². The minimum atomic E-state index is -0.929. The van der Waals surface area contributed by atoms with Gasteiger partial charge in [0.2, 0.25) is 0 Å². The monoisotopic (exact) mass is 339 g/mol. The Bertz CT molecular complexity index is 744. The maximum absolute atomic E-state index is 12.4. The fourth-order valence-electron chi connectivity index (χ4n) is 3.15. The van der Waals surface area contributed by atoms with Crippen LogP contribution in [0.15, 0.2) is 54.6 Å². The molecule has 1 amide bonds. The van der Waals surface area contributed by atoms with Crippen molar-refractivity contribution < 1.29 is 19.4 Å². The van der Waals surface area contributed by atoms with Crippen LogP contribution in [0.1, 0.15) is 34.7 Å². The second-order valence-corrected chi connectivity index (χ2v) is 6.21. The summed E-state index contributed by atoms with van der Waals surface area (Å²) >= 11 is 0. The highest BCUT2D eigenvalue weighted by molar-refractivity contribution is 5.87. The van der Waals surface area contributed by atoms with Gasteiger partial charge in [-0.1, -0.05) is 30.3 Å². The van der Waals surface area contributed by atoms with E-state index in [0.29, 0.717) is 18.8 Å². The normalized spacial score (nSPS) is 17.1. The summed E-state index contributed by atoms with van der Waals surface area (Å²) in [6, 6.07) is 16.3. The Morgan fingerprint density at radius 3 is 2.68 bits per heavy atom. The highest BCUT2D eigenvalue weighted by Gasteiger charge is 2.25. The third kappa shape index (κ3) is 4.38. The van der Waals surface area contributed by atoms with Crippen LogP contribution < -0.4 is 4.74 Å². The Balaban J connectivity index is 1.61. The number of amides is 1. The number of carboxylic acids is 1. The fourth-order valence-corrected chi connectivity index (χ4v) is 3.15. The lowest BCUT2D eigenvalue weighted by atomic mass is 9.89. The topological polar surface area (TPSA) is 66.8 Å². The Kier molecular flexibility index (Phi) is 5.33. The van der Waals surface area contributed by atoms with Gasteiger partial charge in [-0.05, 0) is 42.7 Å². The van der Waals surface area contributed by atoms with E-state index in [0.717, 1.165) is 18.4 Å². The van der Waals surface area contributed by atoms with Gasteiger partial charge < -0.3 is 14.7 Å². The number of benzene rings is 2. The molecule has 3 rings (SSSR count). The molecule has 1 fully saturated rings. The van der Waals surface area contributed by atoms with Gasteiger partial charge in [0.25, 0.3) is 5.91 Å². The molecule has 25 heavy (non-hydrogen) atoms. The number of rotatable bonds is 5. The van der Waals surface area contributed by atoms with Crippen molar-refractivity contribution in [3.05, 3.63) is 65.7 Å². The van der Waals surface area contributed by atoms with Crippen LogP contribution in [0.3, 0.4) is 0 Å². The summed E-state index contributed by atoms with van der Waals surface area (Å²) in [6.07, 6.45) is 1.85. The molecule has 2 aromatic rings. The van der Waals surface area contributed by atoms with Gasteiger partial charge in [-0.15, -0.1) is 0 Å². The minimum absolute atomic E-state index is 0.0197. The molecule has 0 spiro atoms. The molecule has 1 aliphatic rings. The van der Waals surface area contributed by atoms with E-state index in [1.807, 2.05) is 41.3 Å². The minimum Gasteiger partial charge on any atom is -0.484 e. The van der Waals surface area contributed by atoms with E-state index in [2.05, 4.69) is 0 Å². The predicted octanol–water partition coefficient (Wildman–Crippen LogP) is 3.17. The average Bonchev–Trinajstić information content (AvgIpc) is 2.67. The molecule has 1 saturated heterocycles. The van der Waals surface area contributed by atoms with Crippen LogP contribution in [0.5, 0.6) is 5.75 Å². The number of aromatic carboxylic acids is 1. The van der Waals surface area contributed by atoms with Gasteiger partial charge in [0, 0.05) is 19.0 Å². The van der Waals surface area contributed by atoms with Crippen LogP contribution in [0.25, 0.3) is 0 Å². The number of nitrogens with zero attached hydrogens (tertiary/aromatic N) is 1. The molecule has 0 bridgehead atoms. The second-order valence-electron chi connectivity index (χ2n) is 6.21. The summed E-state index contributed by atoms with van der Waals surface area (Å²) < 4.78 is 5.54. The lowest BCUT2D eigenvalue weighted by Gasteiger charge is -2.33. The number of hydrogen-bond acceptors (Lipinski definition) is 3. The Hall–Kier alpha value is -2.82. The molecule has 1 heterocycles. The number of carbonyl (C=O) groups is 2. The zero-order valence-electron chi connectivity index (χ0n) is 13.9. The third-order valence-electron chi connectivity index (χ3n) is 4.48. The summed E-state index contributed by atoms with van der Waals surface area (Å²) in [5.41, 5.74) is 1.26. The summed E-state index contributed by atoms with van der Waals surface area (Å²) in [6.45, 7) is 1.33. The van der Waals surface area contributed by atoms with E-state index in [1.165, 1.54) is 0 Å². The maximum Gasteiger partial charge on any atom is 0.335 e. The summed E-state index contributed by atoms with van der Waals surface area (Å²) in [5, 5.41) is 9.15. The largest absolute Gasteiger partial charge is 0.484 e. The van der Waals surface area contributed by atoms with Crippen molar-refractivity contribution >= 4 is 11.9 Å². The lowest BCUT2D eigenvalue weighted by Crippen LogP contribution is -2.41. The number of carbonyl (C=O) groups excluding carboxylic acids is 1. The first-order valence-electron chi connectivity index (χ1n) is 8.42. The zero-order valence-corrected chi connectivity index (χ0v) is 13.9. The Morgan fingerprint density at radius 2 is 1.92 bits per heavy atom. The molecular weight excluding hydrogens is 318 g/mol. The lowest BCUT2D eigenvalue weighted by molar-refractivity contribution is -0.134. The molecule has 0 aliphatic carbocycles. The Morgan fingerprint density at radius 1 is 1.12 bits per heavy atom. The van der Waals surface area contributed by atoms with E-state index >= 15 is 0 Å². The number of likely N-dealkylation sites (tertiary alicyclic amines) is 1. The number of piperidine rings is 1. The standard InChI is InChI=1S/C20H21NO4/c22-19(14-25-18-9-2-1-3-10-18)21-11-5-8-17(13-21)15-6-4-7-16(12-15)20(23)24/h1-4,6-7,9-10,12,17H,5,8,11,13-14H2,(H,23,24). The van der Waals surface area contributed by atoms with Crippen molar-refractivity contribution in [2.45, 2.75) is 18.8 Å². The SMILES string of the molecule is O=C(O)c1cccc(C2CCCN(C(=O)COc3ccccc3)C2)c1. The van der Waals surface area contributed by atoms with Gasteiger partial charge in [-0.25, -0.2) is 4.79 Å². The van der Waals surface area contributed by atoms with Gasteiger partial charge >= 0.3 is 5.97 Å². The van der Waals surface area contributed by atoms with Gasteiger partial charge in [-0.2, -0.15) is 0 Å². The average molecular weight is 339 g/mol. The van der Waals surface area contributed by atoms with E-state index in [4.69, 9.17) is 9.84 Å². The molecule has 1 atom stereocenters. The van der Waals surface area contributed by atoms with Crippen LogP contribution in [-0.4, -0.2) is 41.6 Å². The number of ether oxygens (including phenoxy) is 1. The molecular formula is C20H21NO4. The fraction of sp³-hybridized carbons (Fsp3) is 0.300. The van der Waals surface area contributed by atoms with Crippen molar-refractivity contribution in [2.75, 3.05) is 19.7 Å². The van der Waals surface area contributed by atoms with Crippen molar-refractivity contribution in [2.24, 2.45) is 0 Å². The highest BCUT2D eigenvalue weighted by atomic mass is 16.5. The third-order valence-corrected chi connectivity index (χ3v) is 4.48. The first-order chi connectivity index (χ1) is 12.1. The van der Waals surface area contributed by atoms with E-state index in [-0.39, 0.29) is 24.0 Å². The van der Waals surface area contributed by atoms with Crippen molar-refractivity contribution in [1.29, 1.82) is 0 Å². The summed E-state index contributed by atoms with van der Waals surface area (Å²) in [7, 11) is 0. The van der Waals surface area contributed by atoms with Gasteiger partial charge in [0.05, 0.1) is 5.56 Å². The maximum atomic E-state index is 12.4. The molecule has 1 unspecified atom stereocenters. The zero-order chi connectivity index (χ0) is 17.6.